The first kappa shape index (κ1) is 23.1. The van der Waals surface area contributed by atoms with E-state index in [1.54, 1.807) is 6.33 Å². The molecule has 0 spiro atoms. The SMILES string of the molecule is CCNC(=NCCN1CCCCC1CC)NCCn1cnnc1CC.I. The minimum absolute atomic E-state index is 0. The fourth-order valence-electron chi connectivity index (χ4n) is 3.48. The van der Waals surface area contributed by atoms with Crippen LogP contribution in [0, 0.1) is 0 Å². The Morgan fingerprint density at radius 1 is 1.23 bits per heavy atom. The van der Waals surface area contributed by atoms with Crippen LogP contribution >= 0.6 is 24.0 Å². The zero-order chi connectivity index (χ0) is 17.9. The van der Waals surface area contributed by atoms with E-state index in [9.17, 15) is 0 Å². The number of halogens is 1. The summed E-state index contributed by atoms with van der Waals surface area (Å²) in [6.07, 6.45) is 8.01. The van der Waals surface area contributed by atoms with Gasteiger partial charge in [-0.15, -0.1) is 34.2 Å². The number of nitrogens with one attached hydrogen (secondary N) is 2. The van der Waals surface area contributed by atoms with Crippen molar-refractivity contribution in [2.45, 2.75) is 65.5 Å². The van der Waals surface area contributed by atoms with E-state index in [-0.39, 0.29) is 24.0 Å². The molecule has 2 N–H and O–H groups in total. The van der Waals surface area contributed by atoms with Crippen LogP contribution in [0.1, 0.15) is 52.3 Å². The van der Waals surface area contributed by atoms with Gasteiger partial charge in [0.05, 0.1) is 6.54 Å². The molecule has 0 radical (unpaired) electrons. The lowest BCUT2D eigenvalue weighted by molar-refractivity contribution is 0.148. The third-order valence-corrected chi connectivity index (χ3v) is 4.88. The highest BCUT2D eigenvalue weighted by Gasteiger charge is 2.19. The molecule has 1 aromatic heterocycles. The van der Waals surface area contributed by atoms with Crippen LogP contribution in [0.25, 0.3) is 0 Å². The van der Waals surface area contributed by atoms with Crippen LogP contribution < -0.4 is 10.6 Å². The molecule has 0 amide bonds. The summed E-state index contributed by atoms with van der Waals surface area (Å²) < 4.78 is 2.09. The molecule has 7 nitrogen and oxygen atoms in total. The molecule has 1 aliphatic rings. The number of nitrogens with zero attached hydrogens (tertiary/aromatic N) is 5. The summed E-state index contributed by atoms with van der Waals surface area (Å²) in [6.45, 7) is 12.2. The number of aliphatic imine (C=N–C) groups is 1. The molecule has 2 rings (SSSR count). The van der Waals surface area contributed by atoms with Crippen LogP contribution in [0.2, 0.25) is 0 Å². The molecule has 26 heavy (non-hydrogen) atoms. The summed E-state index contributed by atoms with van der Waals surface area (Å²) in [5.41, 5.74) is 0. The van der Waals surface area contributed by atoms with E-state index < -0.39 is 0 Å². The summed E-state index contributed by atoms with van der Waals surface area (Å²) in [4.78, 5) is 7.36. The van der Waals surface area contributed by atoms with E-state index in [1.807, 2.05) is 0 Å². The van der Waals surface area contributed by atoms with Crippen LogP contribution in [-0.2, 0) is 13.0 Å². The molecule has 1 aliphatic heterocycles. The summed E-state index contributed by atoms with van der Waals surface area (Å²) in [6, 6.07) is 0.751. The normalized spacial score (nSPS) is 18.4. The summed E-state index contributed by atoms with van der Waals surface area (Å²) in [7, 11) is 0. The van der Waals surface area contributed by atoms with Crippen molar-refractivity contribution in [2.24, 2.45) is 4.99 Å². The topological polar surface area (TPSA) is 70.4 Å². The van der Waals surface area contributed by atoms with E-state index in [2.05, 4.69) is 51.1 Å². The number of likely N-dealkylation sites (tertiary alicyclic amines) is 1. The summed E-state index contributed by atoms with van der Waals surface area (Å²) in [5, 5.41) is 14.8. The predicted octanol–water partition coefficient (Wildman–Crippen LogP) is 2.28. The standard InChI is InChI=1S/C18H35N7.HI/c1-4-16-9-7-8-12-24(16)13-10-20-18(19-6-3)21-11-14-25-15-22-23-17(25)5-2;/h15-16H,4-14H2,1-3H3,(H2,19,20,21);1H. The maximum absolute atomic E-state index is 4.75. The van der Waals surface area contributed by atoms with Crippen LogP contribution in [0.15, 0.2) is 11.3 Å². The lowest BCUT2D eigenvalue weighted by Gasteiger charge is -2.34. The molecule has 0 saturated carbocycles. The molecule has 1 fully saturated rings. The van der Waals surface area contributed by atoms with Crippen molar-refractivity contribution in [3.63, 3.8) is 0 Å². The molecule has 0 aromatic carbocycles. The van der Waals surface area contributed by atoms with Gasteiger partial charge >= 0.3 is 0 Å². The van der Waals surface area contributed by atoms with Gasteiger partial charge in [-0.2, -0.15) is 0 Å². The maximum Gasteiger partial charge on any atom is 0.191 e. The van der Waals surface area contributed by atoms with Gasteiger partial charge in [0.2, 0.25) is 0 Å². The third kappa shape index (κ3) is 7.38. The second-order valence-electron chi connectivity index (χ2n) is 6.58. The first-order chi connectivity index (χ1) is 12.3. The van der Waals surface area contributed by atoms with Crippen molar-refractivity contribution in [2.75, 3.05) is 32.7 Å². The second-order valence-corrected chi connectivity index (χ2v) is 6.58. The molecule has 150 valence electrons. The highest BCUT2D eigenvalue weighted by atomic mass is 127. The smallest absolute Gasteiger partial charge is 0.191 e. The van der Waals surface area contributed by atoms with Crippen molar-refractivity contribution in [3.05, 3.63) is 12.2 Å². The Kier molecular flexibility index (Phi) is 11.8. The van der Waals surface area contributed by atoms with Crippen molar-refractivity contribution in [1.29, 1.82) is 0 Å². The predicted molar refractivity (Wildman–Crippen MR) is 118 cm³/mol. The Labute approximate surface area is 175 Å². The quantitative estimate of drug-likeness (QED) is 0.325. The Morgan fingerprint density at radius 3 is 2.81 bits per heavy atom. The van der Waals surface area contributed by atoms with E-state index >= 15 is 0 Å². The number of guanidine groups is 1. The van der Waals surface area contributed by atoms with Gasteiger partial charge in [-0.25, -0.2) is 0 Å². The number of piperidine rings is 1. The van der Waals surface area contributed by atoms with Gasteiger partial charge in [0.15, 0.2) is 5.96 Å². The van der Waals surface area contributed by atoms with Crippen molar-refractivity contribution in [1.82, 2.24) is 30.3 Å². The van der Waals surface area contributed by atoms with Gasteiger partial charge in [0.25, 0.3) is 0 Å². The summed E-state index contributed by atoms with van der Waals surface area (Å²) >= 11 is 0. The molecule has 0 aliphatic carbocycles. The first-order valence-electron chi connectivity index (χ1n) is 9.91. The molecule has 8 heteroatoms. The molecular weight excluding hydrogens is 441 g/mol. The van der Waals surface area contributed by atoms with Crippen LogP contribution in [0.3, 0.4) is 0 Å². The van der Waals surface area contributed by atoms with Gasteiger partial charge in [-0.3, -0.25) is 9.89 Å². The zero-order valence-electron chi connectivity index (χ0n) is 16.6. The fraction of sp³-hybridized carbons (Fsp3) is 0.833. The minimum atomic E-state index is 0. The maximum atomic E-state index is 4.75. The average Bonchev–Trinajstić information content (AvgIpc) is 3.09. The highest BCUT2D eigenvalue weighted by Crippen LogP contribution is 2.18. The van der Waals surface area contributed by atoms with Gasteiger partial charge in [-0.05, 0) is 32.7 Å². The lowest BCUT2D eigenvalue weighted by Crippen LogP contribution is -2.42. The molecule has 1 unspecified atom stereocenters. The Morgan fingerprint density at radius 2 is 2.08 bits per heavy atom. The summed E-state index contributed by atoms with van der Waals surface area (Å²) in [5.74, 6) is 1.93. The van der Waals surface area contributed by atoms with Crippen molar-refractivity contribution < 1.29 is 0 Å². The second kappa shape index (κ2) is 13.3. The van der Waals surface area contributed by atoms with Gasteiger partial charge < -0.3 is 15.2 Å². The van der Waals surface area contributed by atoms with Crippen molar-refractivity contribution >= 4 is 29.9 Å². The van der Waals surface area contributed by atoms with Gasteiger partial charge in [0, 0.05) is 38.6 Å². The van der Waals surface area contributed by atoms with Crippen LogP contribution in [0.4, 0.5) is 0 Å². The van der Waals surface area contributed by atoms with Crippen LogP contribution in [0.5, 0.6) is 0 Å². The molecule has 1 aromatic rings. The molecule has 1 saturated heterocycles. The van der Waals surface area contributed by atoms with Crippen LogP contribution in [-0.4, -0.2) is 64.4 Å². The minimum Gasteiger partial charge on any atom is -0.357 e. The molecule has 1 atom stereocenters. The number of hydrogen-bond acceptors (Lipinski definition) is 4. The van der Waals surface area contributed by atoms with E-state index in [4.69, 9.17) is 4.99 Å². The van der Waals surface area contributed by atoms with E-state index in [1.165, 1.54) is 32.2 Å². The monoisotopic (exact) mass is 477 g/mol. The third-order valence-electron chi connectivity index (χ3n) is 4.88. The largest absolute Gasteiger partial charge is 0.357 e. The zero-order valence-corrected chi connectivity index (χ0v) is 18.9. The molecular formula is C18H36IN7. The van der Waals surface area contributed by atoms with Gasteiger partial charge in [-0.1, -0.05) is 20.3 Å². The Hall–Kier alpha value is -0.900. The number of aryl methyl sites for hydroxylation is 1. The first-order valence-corrected chi connectivity index (χ1v) is 9.91. The Bertz CT molecular complexity index is 517. The fourth-order valence-corrected chi connectivity index (χ4v) is 3.48. The van der Waals surface area contributed by atoms with E-state index in [0.717, 1.165) is 57.0 Å². The molecule has 0 bridgehead atoms. The highest BCUT2D eigenvalue weighted by molar-refractivity contribution is 14.0. The van der Waals surface area contributed by atoms with Crippen molar-refractivity contribution in [3.8, 4) is 0 Å². The van der Waals surface area contributed by atoms with E-state index in [0.29, 0.717) is 0 Å². The number of hydrogen-bond donors (Lipinski definition) is 2. The average molecular weight is 477 g/mol. The van der Waals surface area contributed by atoms with Gasteiger partial charge in [0.1, 0.15) is 12.2 Å². The molecule has 2 heterocycles. The number of rotatable bonds is 9. The lowest BCUT2D eigenvalue weighted by atomic mass is 10.0. The Balaban J connectivity index is 0.00000338. The number of aromatic nitrogens is 3.